The fourth-order valence-corrected chi connectivity index (χ4v) is 4.65. The predicted octanol–water partition coefficient (Wildman–Crippen LogP) is 5.23. The number of hydrogen-bond donors (Lipinski definition) is 0. The zero-order valence-corrected chi connectivity index (χ0v) is 18.2. The van der Waals surface area contributed by atoms with Gasteiger partial charge in [0, 0.05) is 30.4 Å². The van der Waals surface area contributed by atoms with Crippen LogP contribution in [0.15, 0.2) is 47.4 Å². The Labute approximate surface area is 181 Å². The van der Waals surface area contributed by atoms with E-state index in [0.29, 0.717) is 10.7 Å². The Morgan fingerprint density at radius 3 is 2.47 bits per heavy atom. The molecule has 6 heteroatoms. The van der Waals surface area contributed by atoms with Gasteiger partial charge in [-0.3, -0.25) is 14.5 Å². The number of benzene rings is 2. The zero-order valence-electron chi connectivity index (χ0n) is 17.4. The molecule has 0 radical (unpaired) electrons. The Hall–Kier alpha value is -2.73. The first-order valence-electron chi connectivity index (χ1n) is 10.3. The summed E-state index contributed by atoms with van der Waals surface area (Å²) in [5.41, 5.74) is 4.02. The fourth-order valence-electron chi connectivity index (χ4n) is 3.82. The normalized spacial score (nSPS) is 18.4. The molecule has 4 rings (SSSR count). The molecule has 0 aromatic heterocycles. The molecule has 2 aliphatic rings. The summed E-state index contributed by atoms with van der Waals surface area (Å²) in [6.45, 7) is 4.41. The van der Waals surface area contributed by atoms with Gasteiger partial charge in [0.2, 0.25) is 0 Å². The van der Waals surface area contributed by atoms with E-state index in [2.05, 4.69) is 11.0 Å². The largest absolute Gasteiger partial charge is 0.496 e. The first kappa shape index (κ1) is 20.5. The summed E-state index contributed by atoms with van der Waals surface area (Å²) >= 11 is 0.983. The highest BCUT2D eigenvalue weighted by molar-refractivity contribution is 8.18. The summed E-state index contributed by atoms with van der Waals surface area (Å²) in [7, 11) is 1.63. The maximum absolute atomic E-state index is 12.9. The lowest BCUT2D eigenvalue weighted by Gasteiger charge is -2.29. The molecular weight excluding hydrogens is 396 g/mol. The molecule has 0 N–H and O–H groups in total. The number of thioether (sulfide) groups is 1. The maximum atomic E-state index is 12.9. The van der Waals surface area contributed by atoms with Crippen molar-refractivity contribution < 1.29 is 14.3 Å². The molecule has 0 atom stereocenters. The summed E-state index contributed by atoms with van der Waals surface area (Å²) in [5.74, 6) is 0.455. The lowest BCUT2D eigenvalue weighted by molar-refractivity contribution is -0.123. The predicted molar refractivity (Wildman–Crippen MR) is 122 cm³/mol. The van der Waals surface area contributed by atoms with Gasteiger partial charge >= 0.3 is 0 Å². The highest BCUT2D eigenvalue weighted by Crippen LogP contribution is 2.36. The van der Waals surface area contributed by atoms with Gasteiger partial charge in [0.15, 0.2) is 0 Å². The monoisotopic (exact) mass is 422 g/mol. The molecule has 2 saturated heterocycles. The molecule has 5 nitrogen and oxygen atoms in total. The molecule has 0 saturated carbocycles. The van der Waals surface area contributed by atoms with Crippen molar-refractivity contribution in [1.82, 2.24) is 4.90 Å². The number of piperidine rings is 1. The lowest BCUT2D eigenvalue weighted by Crippen LogP contribution is -2.29. The number of carbonyl (C=O) groups excluding carboxylic acids is 2. The van der Waals surface area contributed by atoms with Crippen molar-refractivity contribution in [1.29, 1.82) is 0 Å². The minimum atomic E-state index is -0.257. The van der Waals surface area contributed by atoms with Crippen LogP contribution in [0, 0.1) is 6.92 Å². The number of rotatable bonds is 5. The fraction of sp³-hybridized carbons (Fsp3) is 0.333. The number of hydrogen-bond acceptors (Lipinski definition) is 5. The van der Waals surface area contributed by atoms with Crippen molar-refractivity contribution >= 4 is 34.7 Å². The molecule has 2 amide bonds. The van der Waals surface area contributed by atoms with Crippen LogP contribution in [0.1, 0.15) is 36.0 Å². The number of anilines is 1. The van der Waals surface area contributed by atoms with Crippen LogP contribution >= 0.6 is 11.8 Å². The number of methoxy groups -OCH3 is 1. The molecule has 0 aliphatic carbocycles. The van der Waals surface area contributed by atoms with E-state index in [-0.39, 0.29) is 17.7 Å². The van der Waals surface area contributed by atoms with Gasteiger partial charge in [0.25, 0.3) is 11.1 Å². The van der Waals surface area contributed by atoms with Gasteiger partial charge in [-0.1, -0.05) is 29.8 Å². The molecule has 0 bridgehead atoms. The van der Waals surface area contributed by atoms with Crippen molar-refractivity contribution in [3.63, 3.8) is 0 Å². The third-order valence-corrected chi connectivity index (χ3v) is 6.47. The van der Waals surface area contributed by atoms with Gasteiger partial charge in [-0.25, -0.2) is 0 Å². The second-order valence-electron chi connectivity index (χ2n) is 7.73. The van der Waals surface area contributed by atoms with E-state index >= 15 is 0 Å². The molecule has 2 aromatic rings. The van der Waals surface area contributed by atoms with E-state index in [0.717, 1.165) is 47.2 Å². The Morgan fingerprint density at radius 1 is 1.03 bits per heavy atom. The first-order valence-corrected chi connectivity index (χ1v) is 11.1. The summed E-state index contributed by atoms with van der Waals surface area (Å²) in [6, 6.07) is 13.9. The second kappa shape index (κ2) is 8.96. The van der Waals surface area contributed by atoms with Crippen LogP contribution in [-0.4, -0.2) is 36.2 Å². The van der Waals surface area contributed by atoms with Crippen molar-refractivity contribution in [3.8, 4) is 5.75 Å². The molecule has 156 valence electrons. The minimum Gasteiger partial charge on any atom is -0.496 e. The highest BCUT2D eigenvalue weighted by atomic mass is 32.2. The molecule has 2 aromatic carbocycles. The van der Waals surface area contributed by atoms with E-state index < -0.39 is 0 Å². The van der Waals surface area contributed by atoms with Crippen molar-refractivity contribution in [2.24, 2.45) is 0 Å². The van der Waals surface area contributed by atoms with Crippen LogP contribution in [0.25, 0.3) is 6.08 Å². The quantitative estimate of drug-likeness (QED) is 0.618. The van der Waals surface area contributed by atoms with E-state index in [1.807, 2.05) is 43.3 Å². The van der Waals surface area contributed by atoms with Gasteiger partial charge in [-0.05, 0) is 61.7 Å². The van der Waals surface area contributed by atoms with Crippen molar-refractivity contribution in [3.05, 3.63) is 64.1 Å². The van der Waals surface area contributed by atoms with Gasteiger partial charge in [-0.15, -0.1) is 0 Å². The summed E-state index contributed by atoms with van der Waals surface area (Å²) in [5, 5.41) is -0.240. The van der Waals surface area contributed by atoms with Crippen molar-refractivity contribution in [2.45, 2.75) is 32.7 Å². The van der Waals surface area contributed by atoms with Crippen LogP contribution in [0.5, 0.6) is 5.75 Å². The van der Waals surface area contributed by atoms with Gasteiger partial charge in [-0.2, -0.15) is 0 Å². The van der Waals surface area contributed by atoms with Crippen LogP contribution in [0.3, 0.4) is 0 Å². The first-order chi connectivity index (χ1) is 14.5. The number of imide groups is 1. The number of nitrogens with zero attached hydrogens (tertiary/aromatic N) is 2. The number of ether oxygens (including phenoxy) is 1. The van der Waals surface area contributed by atoms with Crippen LogP contribution in [-0.2, 0) is 11.3 Å². The number of aryl methyl sites for hydroxylation is 1. The van der Waals surface area contributed by atoms with Crippen LogP contribution < -0.4 is 9.64 Å². The molecule has 2 fully saturated rings. The van der Waals surface area contributed by atoms with Gasteiger partial charge in [0.1, 0.15) is 5.75 Å². The molecule has 0 unspecified atom stereocenters. The lowest BCUT2D eigenvalue weighted by atomic mass is 10.1. The number of carbonyl (C=O) groups is 2. The molecular formula is C24H26N2O3S. The average molecular weight is 423 g/mol. The Balaban J connectivity index is 1.54. The van der Waals surface area contributed by atoms with Crippen LogP contribution in [0.4, 0.5) is 10.5 Å². The minimum absolute atomic E-state index is 0.240. The Kier molecular flexibility index (Phi) is 6.13. The third kappa shape index (κ3) is 4.38. The molecule has 0 spiro atoms. The van der Waals surface area contributed by atoms with E-state index in [9.17, 15) is 9.59 Å². The standard InChI is InChI=1S/C24H26N2O3S/c1-17-6-8-18(9-7-17)16-26-23(27)22(30-24(26)28)14-19-10-11-20(15-21(19)29-2)25-12-4-3-5-13-25/h6-11,14-15H,3-5,12-13,16H2,1-2H3/b22-14-. The van der Waals surface area contributed by atoms with E-state index in [1.165, 1.54) is 24.2 Å². The highest BCUT2D eigenvalue weighted by Gasteiger charge is 2.35. The second-order valence-corrected chi connectivity index (χ2v) is 8.72. The number of amides is 2. The van der Waals surface area contributed by atoms with Crippen LogP contribution in [0.2, 0.25) is 0 Å². The summed E-state index contributed by atoms with van der Waals surface area (Å²) < 4.78 is 5.59. The smallest absolute Gasteiger partial charge is 0.293 e. The summed E-state index contributed by atoms with van der Waals surface area (Å²) in [6.07, 6.45) is 5.46. The molecule has 2 heterocycles. The Morgan fingerprint density at radius 2 is 1.77 bits per heavy atom. The molecule has 30 heavy (non-hydrogen) atoms. The maximum Gasteiger partial charge on any atom is 0.293 e. The Bertz CT molecular complexity index is 978. The van der Waals surface area contributed by atoms with Gasteiger partial charge < -0.3 is 9.64 Å². The average Bonchev–Trinajstić information content (AvgIpc) is 3.03. The van der Waals surface area contributed by atoms with Gasteiger partial charge in [0.05, 0.1) is 18.6 Å². The topological polar surface area (TPSA) is 49.9 Å². The summed E-state index contributed by atoms with van der Waals surface area (Å²) in [4.78, 5) is 29.4. The SMILES string of the molecule is COc1cc(N2CCCCC2)ccc1/C=C1\SC(=O)N(Cc2ccc(C)cc2)C1=O. The molecule has 2 aliphatic heterocycles. The van der Waals surface area contributed by atoms with E-state index in [1.54, 1.807) is 13.2 Å². The zero-order chi connectivity index (χ0) is 21.1. The third-order valence-electron chi connectivity index (χ3n) is 5.56. The van der Waals surface area contributed by atoms with Crippen molar-refractivity contribution in [2.75, 3.05) is 25.1 Å². The van der Waals surface area contributed by atoms with E-state index in [4.69, 9.17) is 4.74 Å².